The Morgan fingerprint density at radius 1 is 1.19 bits per heavy atom. The van der Waals surface area contributed by atoms with Crippen molar-refractivity contribution in [2.75, 3.05) is 6.61 Å². The lowest BCUT2D eigenvalue weighted by molar-refractivity contribution is -0.144. The van der Waals surface area contributed by atoms with Crippen molar-refractivity contribution in [1.29, 1.82) is 0 Å². The van der Waals surface area contributed by atoms with Crippen LogP contribution in [0.5, 0.6) is 0 Å². The Morgan fingerprint density at radius 2 is 1.96 bits per heavy atom. The number of fused-ring (bicyclic) bond motifs is 2. The number of aromatic nitrogens is 1. The molecule has 4 rings (SSSR count). The maximum absolute atomic E-state index is 12.8. The van der Waals surface area contributed by atoms with E-state index in [1.165, 1.54) is 0 Å². The summed E-state index contributed by atoms with van der Waals surface area (Å²) >= 11 is 0. The molecule has 0 bridgehead atoms. The van der Waals surface area contributed by atoms with Crippen LogP contribution in [0, 0.1) is 0 Å². The summed E-state index contributed by atoms with van der Waals surface area (Å²) in [4.78, 5) is 27.7. The summed E-state index contributed by atoms with van der Waals surface area (Å²) in [5, 5.41) is 13.2. The molecule has 2 atom stereocenters. The number of amides is 1. The molecule has 2 aromatic carbocycles. The van der Waals surface area contributed by atoms with E-state index >= 15 is 0 Å². The van der Waals surface area contributed by atoms with Crippen LogP contribution in [-0.4, -0.2) is 34.6 Å². The third-order valence-corrected chi connectivity index (χ3v) is 4.95. The molecule has 1 aliphatic rings. The number of hydrogen-bond acceptors (Lipinski definition) is 3. The van der Waals surface area contributed by atoms with Gasteiger partial charge in [0, 0.05) is 23.5 Å². The van der Waals surface area contributed by atoms with Gasteiger partial charge in [0.25, 0.3) is 5.91 Å². The number of carbonyl (C=O) groups is 2. The minimum absolute atomic E-state index is 0.194. The highest BCUT2D eigenvalue weighted by atomic mass is 16.5. The molecule has 6 heteroatoms. The molecule has 3 N–H and O–H groups in total. The van der Waals surface area contributed by atoms with Crippen molar-refractivity contribution in [3.05, 3.63) is 71.4 Å². The predicted octanol–water partition coefficient (Wildman–Crippen LogP) is 2.59. The molecular formula is C21H20N2O4. The number of para-hydroxylation sites is 1. The second-order valence-electron chi connectivity index (χ2n) is 6.66. The summed E-state index contributed by atoms with van der Waals surface area (Å²) in [7, 11) is 0. The number of benzene rings is 2. The van der Waals surface area contributed by atoms with E-state index in [0.29, 0.717) is 6.61 Å². The van der Waals surface area contributed by atoms with Gasteiger partial charge in [0.05, 0.1) is 6.61 Å². The van der Waals surface area contributed by atoms with Crippen LogP contribution in [0.2, 0.25) is 0 Å². The molecule has 1 aliphatic heterocycles. The van der Waals surface area contributed by atoms with E-state index in [0.717, 1.165) is 34.0 Å². The summed E-state index contributed by atoms with van der Waals surface area (Å²) in [5.41, 5.74) is 3.65. The third kappa shape index (κ3) is 3.44. The van der Waals surface area contributed by atoms with Gasteiger partial charge in [-0.15, -0.1) is 0 Å². The molecule has 0 saturated heterocycles. The lowest BCUT2D eigenvalue weighted by Crippen LogP contribution is -2.45. The first kappa shape index (κ1) is 17.3. The summed E-state index contributed by atoms with van der Waals surface area (Å²) in [6.45, 7) is 0.440. The van der Waals surface area contributed by atoms with Gasteiger partial charge >= 0.3 is 5.97 Å². The molecule has 3 aromatic rings. The normalized spacial score (nSPS) is 17.3. The molecule has 27 heavy (non-hydrogen) atoms. The fraction of sp³-hybridized carbons (Fsp3) is 0.238. The van der Waals surface area contributed by atoms with Crippen molar-refractivity contribution in [2.24, 2.45) is 0 Å². The molecule has 0 spiro atoms. The molecule has 0 unspecified atom stereocenters. The maximum atomic E-state index is 12.8. The van der Waals surface area contributed by atoms with Gasteiger partial charge in [0.1, 0.15) is 6.04 Å². The van der Waals surface area contributed by atoms with Crippen molar-refractivity contribution in [2.45, 2.75) is 25.0 Å². The molecular weight excluding hydrogens is 344 g/mol. The number of aromatic amines is 1. The van der Waals surface area contributed by atoms with Crippen molar-refractivity contribution < 1.29 is 19.4 Å². The first-order valence-corrected chi connectivity index (χ1v) is 8.91. The van der Waals surface area contributed by atoms with Gasteiger partial charge in [0.15, 0.2) is 6.10 Å². The number of rotatable bonds is 5. The van der Waals surface area contributed by atoms with E-state index in [1.54, 1.807) is 6.20 Å². The second-order valence-corrected chi connectivity index (χ2v) is 6.66. The van der Waals surface area contributed by atoms with Crippen molar-refractivity contribution in [1.82, 2.24) is 10.3 Å². The Bertz CT molecular complexity index is 995. The second kappa shape index (κ2) is 7.25. The maximum Gasteiger partial charge on any atom is 0.326 e. The quantitative estimate of drug-likeness (QED) is 0.649. The van der Waals surface area contributed by atoms with Crippen LogP contribution < -0.4 is 5.32 Å². The molecule has 0 aliphatic carbocycles. The Hall–Kier alpha value is -3.12. The Morgan fingerprint density at radius 3 is 2.81 bits per heavy atom. The molecule has 1 aromatic heterocycles. The zero-order valence-electron chi connectivity index (χ0n) is 14.6. The largest absolute Gasteiger partial charge is 0.480 e. The lowest BCUT2D eigenvalue weighted by atomic mass is 9.96. The van der Waals surface area contributed by atoms with Crippen LogP contribution in [0.25, 0.3) is 10.9 Å². The molecule has 0 fully saturated rings. The monoisotopic (exact) mass is 364 g/mol. The summed E-state index contributed by atoms with van der Waals surface area (Å²) in [6, 6.07) is 14.3. The van der Waals surface area contributed by atoms with Crippen LogP contribution in [0.3, 0.4) is 0 Å². The SMILES string of the molecule is O=C(O)[C@H](Cc1c[nH]c2ccccc12)NC(=O)[C@H]1OCCc2ccccc21. The Balaban J connectivity index is 1.54. The van der Waals surface area contributed by atoms with Crippen LogP contribution in [0.1, 0.15) is 22.8 Å². The van der Waals surface area contributed by atoms with Gasteiger partial charge in [-0.25, -0.2) is 4.79 Å². The fourth-order valence-corrected chi connectivity index (χ4v) is 3.58. The summed E-state index contributed by atoms with van der Waals surface area (Å²) in [5.74, 6) is -1.49. The van der Waals surface area contributed by atoms with Crippen molar-refractivity contribution in [3.8, 4) is 0 Å². The van der Waals surface area contributed by atoms with Crippen LogP contribution in [0.4, 0.5) is 0 Å². The van der Waals surface area contributed by atoms with Gasteiger partial charge in [-0.3, -0.25) is 4.79 Å². The standard InChI is InChI=1S/C21H20N2O4/c24-20(19-16-7-2-1-5-13(16)9-10-27-19)23-18(21(25)26)11-14-12-22-17-8-4-3-6-15(14)17/h1-8,12,18-19,22H,9-11H2,(H,23,24)(H,25,26)/t18-,19-/m0/s1. The lowest BCUT2D eigenvalue weighted by Gasteiger charge is -2.26. The molecule has 0 saturated carbocycles. The van der Waals surface area contributed by atoms with Gasteiger partial charge in [0.2, 0.25) is 0 Å². The fourth-order valence-electron chi connectivity index (χ4n) is 3.58. The topological polar surface area (TPSA) is 91.4 Å². The number of carboxylic acids is 1. The zero-order valence-corrected chi connectivity index (χ0v) is 14.6. The van der Waals surface area contributed by atoms with E-state index in [2.05, 4.69) is 10.3 Å². The molecule has 2 heterocycles. The van der Waals surface area contributed by atoms with E-state index in [4.69, 9.17) is 4.74 Å². The number of hydrogen-bond donors (Lipinski definition) is 3. The third-order valence-electron chi connectivity index (χ3n) is 4.95. The highest BCUT2D eigenvalue weighted by Crippen LogP contribution is 2.27. The molecule has 138 valence electrons. The molecule has 6 nitrogen and oxygen atoms in total. The smallest absolute Gasteiger partial charge is 0.326 e. The van der Waals surface area contributed by atoms with Crippen LogP contribution >= 0.6 is 0 Å². The first-order valence-electron chi connectivity index (χ1n) is 8.91. The minimum Gasteiger partial charge on any atom is -0.480 e. The molecule has 1 amide bonds. The summed E-state index contributed by atoms with van der Waals surface area (Å²) < 4.78 is 5.64. The highest BCUT2D eigenvalue weighted by Gasteiger charge is 2.30. The molecule has 0 radical (unpaired) electrons. The Labute approximate surface area is 156 Å². The number of carbonyl (C=O) groups excluding carboxylic acids is 1. The van der Waals surface area contributed by atoms with E-state index in [1.807, 2.05) is 48.5 Å². The van der Waals surface area contributed by atoms with E-state index in [9.17, 15) is 14.7 Å². The number of ether oxygens (including phenoxy) is 1. The minimum atomic E-state index is -1.07. The van der Waals surface area contributed by atoms with Gasteiger partial charge < -0.3 is 20.1 Å². The van der Waals surface area contributed by atoms with Crippen LogP contribution in [-0.2, 0) is 27.2 Å². The zero-order chi connectivity index (χ0) is 18.8. The van der Waals surface area contributed by atoms with Gasteiger partial charge in [-0.2, -0.15) is 0 Å². The van der Waals surface area contributed by atoms with Crippen molar-refractivity contribution >= 4 is 22.8 Å². The Kier molecular flexibility index (Phi) is 4.64. The number of carboxylic acid groups (broad SMARTS) is 1. The van der Waals surface area contributed by atoms with Crippen LogP contribution in [0.15, 0.2) is 54.7 Å². The average Bonchev–Trinajstić information content (AvgIpc) is 3.10. The van der Waals surface area contributed by atoms with Gasteiger partial charge in [-0.05, 0) is 29.2 Å². The predicted molar refractivity (Wildman–Crippen MR) is 100 cm³/mol. The number of aliphatic carboxylic acids is 1. The highest BCUT2D eigenvalue weighted by molar-refractivity contribution is 5.89. The van der Waals surface area contributed by atoms with E-state index in [-0.39, 0.29) is 6.42 Å². The van der Waals surface area contributed by atoms with E-state index < -0.39 is 24.0 Å². The number of H-pyrrole nitrogens is 1. The average molecular weight is 364 g/mol. The summed E-state index contributed by atoms with van der Waals surface area (Å²) in [6.07, 6.45) is 1.95. The van der Waals surface area contributed by atoms with Gasteiger partial charge in [-0.1, -0.05) is 42.5 Å². The number of nitrogens with one attached hydrogen (secondary N) is 2. The van der Waals surface area contributed by atoms with Crippen molar-refractivity contribution in [3.63, 3.8) is 0 Å². The first-order chi connectivity index (χ1) is 13.1.